The van der Waals surface area contributed by atoms with Crippen molar-refractivity contribution in [2.24, 2.45) is 0 Å². The first kappa shape index (κ1) is 8.99. The number of aromatic nitrogens is 1. The van der Waals surface area contributed by atoms with Crippen LogP contribution in [0.15, 0.2) is 23.4 Å². The van der Waals surface area contributed by atoms with Crippen molar-refractivity contribution in [3.63, 3.8) is 0 Å². The van der Waals surface area contributed by atoms with Crippen molar-refractivity contribution in [3.8, 4) is 0 Å². The van der Waals surface area contributed by atoms with Gasteiger partial charge in [0.05, 0.1) is 0 Å². The van der Waals surface area contributed by atoms with Gasteiger partial charge in [0.2, 0.25) is 0 Å². The van der Waals surface area contributed by atoms with Crippen LogP contribution in [0.3, 0.4) is 0 Å². The summed E-state index contributed by atoms with van der Waals surface area (Å²) in [4.78, 5) is 3.79. The first-order valence-electron chi connectivity index (χ1n) is 2.92. The zero-order valence-electron chi connectivity index (χ0n) is 5.98. The van der Waals surface area contributed by atoms with E-state index >= 15 is 0 Å². The Morgan fingerprint density at radius 1 is 1.45 bits per heavy atom. The summed E-state index contributed by atoms with van der Waals surface area (Å²) in [6.45, 7) is 0. The zero-order valence-corrected chi connectivity index (χ0v) is 10.1. The molecular formula is C6H7NO2SSn. The molecule has 0 atom stereocenters. The van der Waals surface area contributed by atoms with E-state index in [0.29, 0.717) is 0 Å². The Labute approximate surface area is 78.9 Å². The first-order chi connectivity index (χ1) is 5.00. The summed E-state index contributed by atoms with van der Waals surface area (Å²) in [5.74, 6) is 0. The molecule has 0 saturated carbocycles. The molecule has 0 fully saturated rings. The Bertz CT molecular complexity index is 343. The van der Waals surface area contributed by atoms with Gasteiger partial charge in [-0.25, -0.2) is 0 Å². The fourth-order valence-corrected chi connectivity index (χ4v) is 1.66. The molecule has 0 spiro atoms. The Morgan fingerprint density at radius 3 is 2.45 bits per heavy atom. The number of pyridine rings is 1. The van der Waals surface area contributed by atoms with Crippen LogP contribution in [0.25, 0.3) is 0 Å². The van der Waals surface area contributed by atoms with Crippen molar-refractivity contribution in [2.75, 3.05) is 6.26 Å². The monoisotopic (exact) mass is 277 g/mol. The van der Waals surface area contributed by atoms with Crippen LogP contribution in [0, 0.1) is 0 Å². The molecule has 0 aliphatic rings. The molecule has 0 bridgehead atoms. The Balaban J connectivity index is 3.20. The van der Waals surface area contributed by atoms with Crippen LogP contribution in [-0.2, 0) is 9.84 Å². The molecule has 1 aromatic heterocycles. The summed E-state index contributed by atoms with van der Waals surface area (Å²) in [6.07, 6.45) is 2.75. The fourth-order valence-electron chi connectivity index (χ4n) is 0.611. The van der Waals surface area contributed by atoms with E-state index in [1.54, 1.807) is 12.3 Å². The molecule has 0 aliphatic heterocycles. The topological polar surface area (TPSA) is 47.0 Å². The minimum absolute atomic E-state index is 0.149. The molecule has 58 valence electrons. The Morgan fingerprint density at radius 2 is 2.09 bits per heavy atom. The summed E-state index contributed by atoms with van der Waals surface area (Å²) in [6, 6.07) is 3.32. The summed E-state index contributed by atoms with van der Waals surface area (Å²) < 4.78 is 22.9. The summed E-state index contributed by atoms with van der Waals surface area (Å²) in [5.41, 5.74) is 0. The van der Waals surface area contributed by atoms with E-state index in [-0.39, 0.29) is 5.03 Å². The molecule has 1 heterocycles. The first-order valence-corrected chi connectivity index (χ1v) is 6.45. The van der Waals surface area contributed by atoms with Gasteiger partial charge >= 0.3 is 79.0 Å². The average Bonchev–Trinajstić information content (AvgIpc) is 1.86. The van der Waals surface area contributed by atoms with Gasteiger partial charge in [-0.15, -0.1) is 0 Å². The third-order valence-corrected chi connectivity index (χ3v) is 3.12. The van der Waals surface area contributed by atoms with E-state index in [1.807, 2.05) is 0 Å². The number of hydrogen-bond donors (Lipinski definition) is 0. The molecule has 0 aliphatic carbocycles. The third-order valence-electron chi connectivity index (χ3n) is 1.14. The molecule has 5 heteroatoms. The van der Waals surface area contributed by atoms with Gasteiger partial charge in [-0.05, 0) is 0 Å². The number of nitrogens with zero attached hydrogens (tertiary/aromatic N) is 1. The van der Waals surface area contributed by atoms with E-state index in [2.05, 4.69) is 4.98 Å². The number of rotatable bonds is 1. The van der Waals surface area contributed by atoms with Gasteiger partial charge < -0.3 is 0 Å². The molecule has 0 N–H and O–H groups in total. The maximum atomic E-state index is 10.9. The molecule has 0 amide bonds. The van der Waals surface area contributed by atoms with Crippen molar-refractivity contribution < 1.29 is 8.42 Å². The molecule has 0 aromatic carbocycles. The number of sulfone groups is 1. The molecule has 11 heavy (non-hydrogen) atoms. The molecule has 1 aromatic rings. The second-order valence-electron chi connectivity index (χ2n) is 2.20. The second-order valence-corrected chi connectivity index (χ2v) is 6.07. The SMILES string of the molecule is CS(=O)(=O)c1cc[c]([SnH])cn1. The van der Waals surface area contributed by atoms with E-state index in [4.69, 9.17) is 0 Å². The van der Waals surface area contributed by atoms with Gasteiger partial charge in [0.25, 0.3) is 0 Å². The maximum absolute atomic E-state index is 10.9. The van der Waals surface area contributed by atoms with Crippen molar-refractivity contribution >= 4 is 35.9 Å². The van der Waals surface area contributed by atoms with E-state index in [9.17, 15) is 8.42 Å². The molecular weight excluding hydrogens is 269 g/mol. The molecule has 1 rings (SSSR count). The van der Waals surface area contributed by atoms with Crippen molar-refractivity contribution in [3.05, 3.63) is 18.3 Å². The minimum atomic E-state index is -3.12. The van der Waals surface area contributed by atoms with Crippen LogP contribution in [0.4, 0.5) is 0 Å². The van der Waals surface area contributed by atoms with Gasteiger partial charge in [-0.2, -0.15) is 0 Å². The summed E-state index contributed by atoms with van der Waals surface area (Å²) in [7, 11) is -3.12. The molecule has 0 saturated heterocycles. The van der Waals surface area contributed by atoms with E-state index in [0.717, 1.165) is 32.4 Å². The van der Waals surface area contributed by atoms with Crippen LogP contribution < -0.4 is 3.58 Å². The van der Waals surface area contributed by atoms with Gasteiger partial charge in [0, 0.05) is 0 Å². The van der Waals surface area contributed by atoms with Gasteiger partial charge in [-0.3, -0.25) is 0 Å². The van der Waals surface area contributed by atoms with Crippen LogP contribution >= 0.6 is 0 Å². The third kappa shape index (κ3) is 2.44. The Kier molecular flexibility index (Phi) is 2.53. The Hall–Kier alpha value is -0.101. The van der Waals surface area contributed by atoms with Gasteiger partial charge in [0.15, 0.2) is 0 Å². The van der Waals surface area contributed by atoms with Crippen LogP contribution in [0.1, 0.15) is 0 Å². The summed E-state index contributed by atoms with van der Waals surface area (Å²) in [5, 5.41) is 0.149. The van der Waals surface area contributed by atoms with Crippen molar-refractivity contribution in [1.29, 1.82) is 0 Å². The van der Waals surface area contributed by atoms with Gasteiger partial charge in [-0.1, -0.05) is 0 Å². The fraction of sp³-hybridized carbons (Fsp3) is 0.167. The predicted molar refractivity (Wildman–Crippen MR) is 44.1 cm³/mol. The second kappa shape index (κ2) is 3.10. The van der Waals surface area contributed by atoms with Crippen molar-refractivity contribution in [2.45, 2.75) is 5.03 Å². The zero-order chi connectivity index (χ0) is 8.48. The van der Waals surface area contributed by atoms with Crippen LogP contribution in [0.2, 0.25) is 0 Å². The predicted octanol–water partition coefficient (Wildman–Crippen LogP) is -0.989. The van der Waals surface area contributed by atoms with Crippen molar-refractivity contribution in [1.82, 2.24) is 4.98 Å². The average molecular weight is 276 g/mol. The number of hydrogen-bond acceptors (Lipinski definition) is 3. The van der Waals surface area contributed by atoms with E-state index < -0.39 is 9.84 Å². The molecule has 0 unspecified atom stereocenters. The normalized spacial score (nSPS) is 11.5. The van der Waals surface area contributed by atoms with E-state index in [1.165, 1.54) is 6.07 Å². The van der Waals surface area contributed by atoms with Crippen LogP contribution in [-0.4, -0.2) is 42.2 Å². The summed E-state index contributed by atoms with van der Waals surface area (Å²) >= 11 is 0.963. The van der Waals surface area contributed by atoms with Crippen LogP contribution in [0.5, 0.6) is 0 Å². The quantitative estimate of drug-likeness (QED) is 0.619. The standard InChI is InChI=1S/C6H6NO2S.Sn.H/c1-10(8,9)6-4-2-3-5-7-6;;/h2,4-5H,1H3;;. The molecule has 2 radical (unpaired) electrons. The van der Waals surface area contributed by atoms with Gasteiger partial charge in [0.1, 0.15) is 0 Å². The molecule has 3 nitrogen and oxygen atoms in total.